The van der Waals surface area contributed by atoms with E-state index in [1.165, 1.54) is 0 Å². The van der Waals surface area contributed by atoms with Gasteiger partial charge in [-0.25, -0.2) is 9.78 Å². The van der Waals surface area contributed by atoms with Crippen LogP contribution in [0.15, 0.2) is 0 Å². The Balaban J connectivity index is 2.31. The molecule has 1 fully saturated rings. The maximum atomic E-state index is 5.71. The summed E-state index contributed by atoms with van der Waals surface area (Å²) in [6.45, 7) is 10.6. The van der Waals surface area contributed by atoms with E-state index in [9.17, 15) is 0 Å². The molecule has 1 aliphatic rings. The van der Waals surface area contributed by atoms with Crippen LogP contribution in [0.2, 0.25) is 0 Å². The van der Waals surface area contributed by atoms with E-state index in [1.807, 2.05) is 6.92 Å². The minimum Gasteiger partial charge on any atom is -0.375 e. The van der Waals surface area contributed by atoms with Crippen LogP contribution < -0.4 is 0 Å². The maximum absolute atomic E-state index is 5.71. The second kappa shape index (κ2) is 5.69. The summed E-state index contributed by atoms with van der Waals surface area (Å²) >= 11 is 0. The maximum Gasteiger partial charge on any atom is 0.109 e. The minimum atomic E-state index is 0.188. The topological polar surface area (TPSA) is 27.7 Å². The molecule has 0 aromatic rings. The van der Waals surface area contributed by atoms with Crippen LogP contribution in [-0.2, 0) is 14.5 Å². The number of ether oxygens (including phenoxy) is 1. The average Bonchev–Trinajstić information content (AvgIpc) is 2.18. The van der Waals surface area contributed by atoms with Gasteiger partial charge in [-0.3, -0.25) is 0 Å². The molecule has 0 aromatic heterocycles. The van der Waals surface area contributed by atoms with E-state index in [-0.39, 0.29) is 6.10 Å². The number of hydrogen-bond donors (Lipinski definition) is 0. The quantitative estimate of drug-likeness (QED) is 0.397. The molecule has 1 heterocycles. The third kappa shape index (κ3) is 2.94. The number of hydrogen-bond acceptors (Lipinski definition) is 3. The molecule has 0 aliphatic carbocycles. The first kappa shape index (κ1) is 12.0. The van der Waals surface area contributed by atoms with Crippen molar-refractivity contribution in [1.29, 1.82) is 0 Å². The van der Waals surface area contributed by atoms with E-state index < -0.39 is 0 Å². The van der Waals surface area contributed by atoms with Crippen LogP contribution in [0.25, 0.3) is 0 Å². The van der Waals surface area contributed by atoms with Gasteiger partial charge in [0.1, 0.15) is 6.61 Å². The summed E-state index contributed by atoms with van der Waals surface area (Å²) in [6.07, 6.45) is 0.188. The predicted molar refractivity (Wildman–Crippen MR) is 54.8 cm³/mol. The molecule has 0 N–H and O–H groups in total. The Morgan fingerprint density at radius 1 is 1.14 bits per heavy atom. The number of rotatable bonds is 4. The Hall–Kier alpha value is -0.120. The highest BCUT2D eigenvalue weighted by Gasteiger charge is 2.32. The Labute approximate surface area is 86.7 Å². The zero-order valence-corrected chi connectivity index (χ0v) is 9.66. The Morgan fingerprint density at radius 2 is 1.86 bits per heavy atom. The van der Waals surface area contributed by atoms with Gasteiger partial charge in [0.2, 0.25) is 0 Å². The van der Waals surface area contributed by atoms with Gasteiger partial charge in [0.05, 0.1) is 12.7 Å². The van der Waals surface area contributed by atoms with Gasteiger partial charge in [0.25, 0.3) is 0 Å². The fourth-order valence-electron chi connectivity index (χ4n) is 1.83. The van der Waals surface area contributed by atoms with Crippen molar-refractivity contribution in [3.05, 3.63) is 0 Å². The lowest BCUT2D eigenvalue weighted by Crippen LogP contribution is -2.41. The zero-order valence-electron chi connectivity index (χ0n) is 9.66. The summed E-state index contributed by atoms with van der Waals surface area (Å²) in [6, 6.07) is 0. The van der Waals surface area contributed by atoms with E-state index in [0.29, 0.717) is 31.0 Å². The zero-order chi connectivity index (χ0) is 10.6. The molecule has 0 spiro atoms. The van der Waals surface area contributed by atoms with E-state index in [0.717, 1.165) is 6.61 Å². The fourth-order valence-corrected chi connectivity index (χ4v) is 1.83. The summed E-state index contributed by atoms with van der Waals surface area (Å²) < 4.78 is 5.71. The third-order valence-electron chi connectivity index (χ3n) is 3.32. The van der Waals surface area contributed by atoms with Crippen molar-refractivity contribution in [2.24, 2.45) is 17.8 Å². The molecule has 4 atom stereocenters. The van der Waals surface area contributed by atoms with Gasteiger partial charge in [0, 0.05) is 6.61 Å². The largest absolute Gasteiger partial charge is 0.375 e. The van der Waals surface area contributed by atoms with Crippen LogP contribution >= 0.6 is 0 Å². The van der Waals surface area contributed by atoms with Crippen LogP contribution in [0.1, 0.15) is 27.7 Å². The molecule has 4 unspecified atom stereocenters. The summed E-state index contributed by atoms with van der Waals surface area (Å²) in [5.74, 6) is 1.88. The fraction of sp³-hybridized carbons (Fsp3) is 1.00. The molecule has 1 saturated heterocycles. The van der Waals surface area contributed by atoms with Crippen molar-refractivity contribution in [2.75, 3.05) is 19.8 Å². The summed E-state index contributed by atoms with van der Waals surface area (Å²) in [5, 5.41) is 0. The van der Waals surface area contributed by atoms with Gasteiger partial charge in [-0.1, -0.05) is 20.8 Å². The lowest BCUT2D eigenvalue weighted by Gasteiger charge is -2.37. The molecule has 0 radical (unpaired) electrons. The molecule has 84 valence electrons. The van der Waals surface area contributed by atoms with E-state index in [4.69, 9.17) is 14.5 Å². The molecule has 3 nitrogen and oxygen atoms in total. The molecule has 0 bridgehead atoms. The van der Waals surface area contributed by atoms with Crippen LogP contribution in [0, 0.1) is 17.8 Å². The molecular weight excluding hydrogens is 180 g/mol. The Bertz CT molecular complexity index is 161. The first-order chi connectivity index (χ1) is 6.66. The average molecular weight is 202 g/mol. The van der Waals surface area contributed by atoms with E-state index in [1.54, 1.807) is 0 Å². The first-order valence-electron chi connectivity index (χ1n) is 5.52. The molecule has 0 amide bonds. The highest BCUT2D eigenvalue weighted by Crippen LogP contribution is 2.30. The van der Waals surface area contributed by atoms with Crippen molar-refractivity contribution in [1.82, 2.24) is 0 Å². The molecule has 14 heavy (non-hydrogen) atoms. The summed E-state index contributed by atoms with van der Waals surface area (Å²) in [4.78, 5) is 9.92. The van der Waals surface area contributed by atoms with Gasteiger partial charge >= 0.3 is 0 Å². The van der Waals surface area contributed by atoms with Crippen LogP contribution in [0.4, 0.5) is 0 Å². The van der Waals surface area contributed by atoms with Crippen molar-refractivity contribution >= 4 is 0 Å². The van der Waals surface area contributed by atoms with E-state index >= 15 is 0 Å². The molecule has 3 heteroatoms. The summed E-state index contributed by atoms with van der Waals surface area (Å²) in [7, 11) is 0. The second-order valence-electron chi connectivity index (χ2n) is 4.26. The first-order valence-corrected chi connectivity index (χ1v) is 5.52. The Morgan fingerprint density at radius 3 is 2.50 bits per heavy atom. The molecular formula is C11H22O3. The van der Waals surface area contributed by atoms with Gasteiger partial charge in [-0.15, -0.1) is 0 Å². The third-order valence-corrected chi connectivity index (χ3v) is 3.32. The lowest BCUT2D eigenvalue weighted by atomic mass is 9.80. The van der Waals surface area contributed by atoms with Gasteiger partial charge in [-0.2, -0.15) is 0 Å². The van der Waals surface area contributed by atoms with Gasteiger partial charge < -0.3 is 4.74 Å². The molecule has 0 aromatic carbocycles. The monoisotopic (exact) mass is 202 g/mol. The highest BCUT2D eigenvalue weighted by atomic mass is 17.2. The predicted octanol–water partition coefficient (Wildman–Crippen LogP) is 2.26. The highest BCUT2D eigenvalue weighted by molar-refractivity contribution is 4.79. The van der Waals surface area contributed by atoms with Gasteiger partial charge in [0.15, 0.2) is 0 Å². The molecule has 0 saturated carbocycles. The SMILES string of the molecule is CCOOCC1OCC(C)C(C)C1C. The normalized spacial score (nSPS) is 38.6. The smallest absolute Gasteiger partial charge is 0.109 e. The lowest BCUT2D eigenvalue weighted by molar-refractivity contribution is -0.311. The Kier molecular flexibility index (Phi) is 4.85. The molecule has 1 aliphatic heterocycles. The van der Waals surface area contributed by atoms with Crippen LogP contribution in [0.3, 0.4) is 0 Å². The van der Waals surface area contributed by atoms with Gasteiger partial charge in [-0.05, 0) is 24.7 Å². The van der Waals surface area contributed by atoms with Crippen molar-refractivity contribution < 1.29 is 14.5 Å². The van der Waals surface area contributed by atoms with Crippen molar-refractivity contribution in [3.8, 4) is 0 Å². The van der Waals surface area contributed by atoms with Crippen molar-refractivity contribution in [3.63, 3.8) is 0 Å². The molecule has 1 rings (SSSR count). The summed E-state index contributed by atoms with van der Waals surface area (Å²) in [5.41, 5.74) is 0. The van der Waals surface area contributed by atoms with E-state index in [2.05, 4.69) is 20.8 Å². The second-order valence-corrected chi connectivity index (χ2v) is 4.26. The van der Waals surface area contributed by atoms with Crippen LogP contribution in [-0.4, -0.2) is 25.9 Å². The van der Waals surface area contributed by atoms with Crippen molar-refractivity contribution in [2.45, 2.75) is 33.8 Å². The standard InChI is InChI=1S/C11H22O3/c1-5-13-14-7-11-10(4)9(3)8(2)6-12-11/h8-11H,5-7H2,1-4H3. The minimum absolute atomic E-state index is 0.188. The van der Waals surface area contributed by atoms with Crippen LogP contribution in [0.5, 0.6) is 0 Å².